The molecule has 0 aliphatic rings. The van der Waals surface area contributed by atoms with E-state index in [1.165, 1.54) is 0 Å². The van der Waals surface area contributed by atoms with Gasteiger partial charge in [0.05, 0.1) is 12.5 Å². The topological polar surface area (TPSA) is 175 Å². The number of nitrogens with one attached hydrogen (secondary N) is 3. The highest BCUT2D eigenvalue weighted by Crippen LogP contribution is 2.19. The van der Waals surface area contributed by atoms with Crippen molar-refractivity contribution in [3.63, 3.8) is 0 Å². The monoisotopic (exact) mass is 422 g/mol. The van der Waals surface area contributed by atoms with Gasteiger partial charge in [-0.25, -0.2) is 4.79 Å². The second-order valence-electron chi connectivity index (χ2n) is 6.41. The Morgan fingerprint density at radius 2 is 1.72 bits per heavy atom. The molecular formula is C18H22N4O6S. The Bertz CT molecular complexity index is 915. The smallest absolute Gasteiger partial charge is 0.326 e. The molecule has 0 aliphatic heterocycles. The number of aliphatic carboxylic acids is 2. The number of hydrogen-bond donors (Lipinski definition) is 7. The third kappa shape index (κ3) is 5.96. The third-order valence-corrected chi connectivity index (χ3v) is 4.65. The van der Waals surface area contributed by atoms with E-state index in [0.29, 0.717) is 5.56 Å². The molecule has 156 valence electrons. The normalized spacial score (nSPS) is 14.0. The van der Waals surface area contributed by atoms with E-state index in [-0.39, 0.29) is 12.2 Å². The van der Waals surface area contributed by atoms with Crippen molar-refractivity contribution in [2.75, 3.05) is 5.75 Å². The van der Waals surface area contributed by atoms with Crippen LogP contribution < -0.4 is 16.4 Å². The lowest BCUT2D eigenvalue weighted by molar-refractivity contribution is -0.143. The first-order valence-electron chi connectivity index (χ1n) is 8.69. The molecule has 0 aliphatic carbocycles. The number of carbonyl (C=O) groups is 4. The molecule has 29 heavy (non-hydrogen) atoms. The SMILES string of the molecule is N[C@@H](CS)C(=O)N[C@@H](CC(=O)O)C(=O)N[C@@H](Cc1c[nH]c2ccccc12)C(=O)O. The number of amides is 2. The number of rotatable bonds is 10. The summed E-state index contributed by atoms with van der Waals surface area (Å²) in [5, 5.41) is 23.9. The molecule has 0 unspecified atom stereocenters. The van der Waals surface area contributed by atoms with Gasteiger partial charge >= 0.3 is 11.9 Å². The number of carboxylic acid groups (broad SMARTS) is 2. The number of nitrogens with two attached hydrogens (primary N) is 1. The van der Waals surface area contributed by atoms with Crippen molar-refractivity contribution in [2.45, 2.75) is 31.0 Å². The molecule has 0 spiro atoms. The first kappa shape index (κ1) is 22.2. The summed E-state index contributed by atoms with van der Waals surface area (Å²) in [5.41, 5.74) is 7.01. The average Bonchev–Trinajstić information content (AvgIpc) is 3.08. The van der Waals surface area contributed by atoms with Crippen molar-refractivity contribution < 1.29 is 29.4 Å². The van der Waals surface area contributed by atoms with Crippen LogP contribution in [-0.4, -0.2) is 62.8 Å². The molecule has 0 fully saturated rings. The fourth-order valence-electron chi connectivity index (χ4n) is 2.74. The van der Waals surface area contributed by atoms with E-state index in [1.807, 2.05) is 18.2 Å². The molecule has 0 saturated carbocycles. The molecular weight excluding hydrogens is 400 g/mol. The summed E-state index contributed by atoms with van der Waals surface area (Å²) >= 11 is 3.88. The third-order valence-electron chi connectivity index (χ3n) is 4.26. The predicted molar refractivity (Wildman–Crippen MR) is 108 cm³/mol. The van der Waals surface area contributed by atoms with E-state index in [1.54, 1.807) is 12.3 Å². The average molecular weight is 422 g/mol. The number of carboxylic acids is 2. The molecule has 1 aromatic carbocycles. The number of benzene rings is 1. The summed E-state index contributed by atoms with van der Waals surface area (Å²) in [4.78, 5) is 50.2. The lowest BCUT2D eigenvalue weighted by atomic mass is 10.0. The molecule has 2 amide bonds. The molecule has 1 aromatic heterocycles. The van der Waals surface area contributed by atoms with Crippen molar-refractivity contribution in [3.8, 4) is 0 Å². The number of para-hydroxylation sites is 1. The van der Waals surface area contributed by atoms with E-state index in [9.17, 15) is 24.3 Å². The minimum Gasteiger partial charge on any atom is -0.481 e. The summed E-state index contributed by atoms with van der Waals surface area (Å²) in [5.74, 6) is -4.33. The molecule has 2 aromatic rings. The Hall–Kier alpha value is -3.05. The highest BCUT2D eigenvalue weighted by molar-refractivity contribution is 7.80. The van der Waals surface area contributed by atoms with Gasteiger partial charge in [0.1, 0.15) is 12.1 Å². The lowest BCUT2D eigenvalue weighted by Gasteiger charge is -2.21. The lowest BCUT2D eigenvalue weighted by Crippen LogP contribution is -2.55. The van der Waals surface area contributed by atoms with E-state index >= 15 is 0 Å². The van der Waals surface area contributed by atoms with Crippen molar-refractivity contribution in [3.05, 3.63) is 36.0 Å². The fraction of sp³-hybridized carbons (Fsp3) is 0.333. The number of thiol groups is 1. The van der Waals surface area contributed by atoms with Gasteiger partial charge < -0.3 is 31.6 Å². The molecule has 0 saturated heterocycles. The van der Waals surface area contributed by atoms with Gasteiger partial charge in [0.15, 0.2) is 0 Å². The largest absolute Gasteiger partial charge is 0.481 e. The first-order valence-corrected chi connectivity index (χ1v) is 9.33. The maximum Gasteiger partial charge on any atom is 0.326 e. The zero-order chi connectivity index (χ0) is 21.6. The van der Waals surface area contributed by atoms with E-state index in [2.05, 4.69) is 28.2 Å². The Morgan fingerprint density at radius 3 is 2.34 bits per heavy atom. The molecule has 3 atom stereocenters. The van der Waals surface area contributed by atoms with Crippen molar-refractivity contribution >= 4 is 47.3 Å². The minimum absolute atomic E-state index is 0.00837. The van der Waals surface area contributed by atoms with E-state index < -0.39 is 48.3 Å². The van der Waals surface area contributed by atoms with Gasteiger partial charge in [0.25, 0.3) is 0 Å². The Morgan fingerprint density at radius 1 is 1.07 bits per heavy atom. The predicted octanol–water partition coefficient (Wildman–Crippen LogP) is -0.504. The van der Waals surface area contributed by atoms with Crippen LogP contribution in [0.2, 0.25) is 0 Å². The van der Waals surface area contributed by atoms with Crippen LogP contribution in [0, 0.1) is 0 Å². The number of carbonyl (C=O) groups excluding carboxylic acids is 2. The number of fused-ring (bicyclic) bond motifs is 1. The van der Waals surface area contributed by atoms with Crippen LogP contribution in [0.25, 0.3) is 10.9 Å². The van der Waals surface area contributed by atoms with Gasteiger partial charge in [-0.15, -0.1) is 0 Å². The van der Waals surface area contributed by atoms with Gasteiger partial charge in [0, 0.05) is 29.3 Å². The van der Waals surface area contributed by atoms with Gasteiger partial charge in [-0.05, 0) is 11.6 Å². The van der Waals surface area contributed by atoms with Crippen molar-refractivity contribution in [2.24, 2.45) is 5.73 Å². The first-order chi connectivity index (χ1) is 13.7. The van der Waals surface area contributed by atoms with Crippen molar-refractivity contribution in [1.29, 1.82) is 0 Å². The van der Waals surface area contributed by atoms with E-state index in [0.717, 1.165) is 10.9 Å². The van der Waals surface area contributed by atoms with Crippen LogP contribution in [0.3, 0.4) is 0 Å². The molecule has 2 rings (SSSR count). The fourth-order valence-corrected chi connectivity index (χ4v) is 2.90. The summed E-state index contributed by atoms with van der Waals surface area (Å²) in [6.45, 7) is 0. The number of H-pyrrole nitrogens is 1. The number of hydrogen-bond acceptors (Lipinski definition) is 6. The summed E-state index contributed by atoms with van der Waals surface area (Å²) in [6.07, 6.45) is 0.889. The maximum atomic E-state index is 12.5. The Labute approximate surface area is 171 Å². The van der Waals surface area contributed by atoms with Gasteiger partial charge in [0.2, 0.25) is 11.8 Å². The van der Waals surface area contributed by atoms with Crippen LogP contribution in [0.15, 0.2) is 30.5 Å². The highest BCUT2D eigenvalue weighted by atomic mass is 32.1. The quantitative estimate of drug-likeness (QED) is 0.252. The van der Waals surface area contributed by atoms with Crippen molar-refractivity contribution in [1.82, 2.24) is 15.6 Å². The minimum atomic E-state index is -1.48. The second-order valence-corrected chi connectivity index (χ2v) is 6.78. The maximum absolute atomic E-state index is 12.5. The Balaban J connectivity index is 2.15. The Kier molecular flexibility index (Phi) is 7.62. The summed E-state index contributed by atoms with van der Waals surface area (Å²) in [7, 11) is 0. The van der Waals surface area contributed by atoms with Gasteiger partial charge in [-0.3, -0.25) is 14.4 Å². The molecule has 7 N–H and O–H groups in total. The number of aromatic amines is 1. The zero-order valence-corrected chi connectivity index (χ0v) is 16.2. The second kappa shape index (κ2) is 9.94. The van der Waals surface area contributed by atoms with Crippen LogP contribution in [0.1, 0.15) is 12.0 Å². The standard InChI is InChI=1S/C18H22N4O6S/c19-11(8-29)16(25)21-13(6-15(23)24)17(26)22-14(18(27)28)5-9-7-20-12-4-2-1-3-10(9)12/h1-4,7,11,13-14,20,29H,5-6,8,19H2,(H,21,25)(H,22,26)(H,23,24)(H,27,28)/t11-,13-,14-/m0/s1. The van der Waals surface area contributed by atoms with Gasteiger partial charge in [-0.2, -0.15) is 12.6 Å². The molecule has 0 bridgehead atoms. The molecule has 10 nitrogen and oxygen atoms in total. The zero-order valence-electron chi connectivity index (χ0n) is 15.3. The molecule has 0 radical (unpaired) electrons. The summed E-state index contributed by atoms with van der Waals surface area (Å²) in [6, 6.07) is 3.43. The van der Waals surface area contributed by atoms with Gasteiger partial charge in [-0.1, -0.05) is 18.2 Å². The van der Waals surface area contributed by atoms with Crippen LogP contribution in [0.5, 0.6) is 0 Å². The molecule has 11 heteroatoms. The van der Waals surface area contributed by atoms with Crippen LogP contribution in [-0.2, 0) is 25.6 Å². The van der Waals surface area contributed by atoms with Crippen LogP contribution >= 0.6 is 12.6 Å². The van der Waals surface area contributed by atoms with Crippen LogP contribution in [0.4, 0.5) is 0 Å². The summed E-state index contributed by atoms with van der Waals surface area (Å²) < 4.78 is 0. The highest BCUT2D eigenvalue weighted by Gasteiger charge is 2.29. The van der Waals surface area contributed by atoms with E-state index in [4.69, 9.17) is 10.8 Å². The number of aromatic nitrogens is 1. The molecule has 1 heterocycles.